The van der Waals surface area contributed by atoms with Crippen LogP contribution in [0, 0.1) is 5.92 Å². The van der Waals surface area contributed by atoms with Crippen molar-refractivity contribution in [3.05, 3.63) is 35.4 Å². The summed E-state index contributed by atoms with van der Waals surface area (Å²) in [6.45, 7) is 6.73. The molecule has 1 aromatic rings. The van der Waals surface area contributed by atoms with Gasteiger partial charge in [-0.2, -0.15) is 0 Å². The van der Waals surface area contributed by atoms with E-state index in [9.17, 15) is 4.79 Å². The summed E-state index contributed by atoms with van der Waals surface area (Å²) in [5, 5.41) is 2.99. The van der Waals surface area contributed by atoms with E-state index in [4.69, 9.17) is 5.73 Å². The van der Waals surface area contributed by atoms with Gasteiger partial charge in [0.1, 0.15) is 0 Å². The lowest BCUT2D eigenvalue weighted by atomic mass is 9.99. The second-order valence-electron chi connectivity index (χ2n) is 5.68. The predicted molar refractivity (Wildman–Crippen MR) is 81.5 cm³/mol. The molecular formula is C16H25N3O. The van der Waals surface area contributed by atoms with Crippen LogP contribution in [0.1, 0.15) is 35.7 Å². The zero-order valence-electron chi connectivity index (χ0n) is 12.3. The summed E-state index contributed by atoms with van der Waals surface area (Å²) in [5.41, 5.74) is 7.27. The fraction of sp³-hybridized carbons (Fsp3) is 0.562. The summed E-state index contributed by atoms with van der Waals surface area (Å²) >= 11 is 0. The average Bonchev–Trinajstić information content (AvgIpc) is 2.49. The van der Waals surface area contributed by atoms with Crippen molar-refractivity contribution >= 4 is 5.91 Å². The van der Waals surface area contributed by atoms with Crippen molar-refractivity contribution in [2.45, 2.75) is 26.3 Å². The van der Waals surface area contributed by atoms with Crippen molar-refractivity contribution in [3.8, 4) is 0 Å². The Morgan fingerprint density at radius 1 is 1.40 bits per heavy atom. The minimum Gasteiger partial charge on any atom is -0.351 e. The van der Waals surface area contributed by atoms with E-state index in [0.29, 0.717) is 18.7 Å². The maximum atomic E-state index is 12.0. The number of likely N-dealkylation sites (tertiary alicyclic amines) is 1. The van der Waals surface area contributed by atoms with Crippen LogP contribution in [0.3, 0.4) is 0 Å². The Morgan fingerprint density at radius 3 is 2.85 bits per heavy atom. The first-order valence-corrected chi connectivity index (χ1v) is 7.48. The van der Waals surface area contributed by atoms with Crippen LogP contribution >= 0.6 is 0 Å². The second kappa shape index (κ2) is 7.41. The summed E-state index contributed by atoms with van der Waals surface area (Å²) in [5.74, 6) is 0.838. The van der Waals surface area contributed by atoms with Gasteiger partial charge in [-0.05, 0) is 49.5 Å². The van der Waals surface area contributed by atoms with Crippen LogP contribution in [-0.4, -0.2) is 37.0 Å². The predicted octanol–water partition coefficient (Wildman–Crippen LogP) is 1.61. The van der Waals surface area contributed by atoms with Gasteiger partial charge in [0, 0.05) is 25.2 Å². The van der Waals surface area contributed by atoms with E-state index in [1.54, 1.807) is 0 Å². The zero-order chi connectivity index (χ0) is 14.4. The van der Waals surface area contributed by atoms with Crippen LogP contribution in [0.2, 0.25) is 0 Å². The highest BCUT2D eigenvalue weighted by Gasteiger charge is 2.15. The molecule has 1 aliphatic heterocycles. The summed E-state index contributed by atoms with van der Waals surface area (Å²) in [4.78, 5) is 14.5. The Bertz CT molecular complexity index is 439. The van der Waals surface area contributed by atoms with Crippen molar-refractivity contribution in [1.29, 1.82) is 0 Å². The number of rotatable bonds is 5. The first-order chi connectivity index (χ1) is 9.69. The van der Waals surface area contributed by atoms with E-state index in [1.165, 1.54) is 12.8 Å². The lowest BCUT2D eigenvalue weighted by Crippen LogP contribution is -2.39. The first kappa shape index (κ1) is 15.0. The molecule has 1 fully saturated rings. The minimum absolute atomic E-state index is 0.00863. The fourth-order valence-electron chi connectivity index (χ4n) is 2.55. The molecule has 4 nitrogen and oxygen atoms in total. The van der Waals surface area contributed by atoms with Gasteiger partial charge in [0.15, 0.2) is 0 Å². The number of nitrogens with one attached hydrogen (secondary N) is 1. The molecule has 1 aromatic carbocycles. The van der Waals surface area contributed by atoms with Crippen LogP contribution in [-0.2, 0) is 6.54 Å². The highest BCUT2D eigenvalue weighted by molar-refractivity contribution is 5.94. The van der Waals surface area contributed by atoms with Crippen molar-refractivity contribution in [2.75, 3.05) is 26.2 Å². The molecule has 20 heavy (non-hydrogen) atoms. The average molecular weight is 275 g/mol. The summed E-state index contributed by atoms with van der Waals surface area (Å²) in [6, 6.07) is 7.50. The first-order valence-electron chi connectivity index (χ1n) is 7.48. The summed E-state index contributed by atoms with van der Waals surface area (Å²) < 4.78 is 0. The van der Waals surface area contributed by atoms with Gasteiger partial charge in [-0.3, -0.25) is 4.79 Å². The molecule has 2 rings (SSSR count). The molecule has 0 radical (unpaired) electrons. The summed E-state index contributed by atoms with van der Waals surface area (Å²) in [6.07, 6.45) is 2.54. The smallest absolute Gasteiger partial charge is 0.251 e. The molecule has 1 aliphatic rings. The molecular weight excluding hydrogens is 250 g/mol. The fourth-order valence-corrected chi connectivity index (χ4v) is 2.55. The molecule has 110 valence electrons. The lowest BCUT2D eigenvalue weighted by molar-refractivity contribution is 0.0944. The van der Waals surface area contributed by atoms with Crippen LogP contribution in [0.25, 0.3) is 0 Å². The normalized spacial score (nSPS) is 17.1. The van der Waals surface area contributed by atoms with Gasteiger partial charge in [-0.25, -0.2) is 0 Å². The molecule has 0 saturated carbocycles. The van der Waals surface area contributed by atoms with Gasteiger partial charge >= 0.3 is 0 Å². The molecule has 0 aliphatic carbocycles. The number of carbonyl (C=O) groups excluding carboxylic acids is 1. The molecule has 0 aromatic heterocycles. The number of piperidine rings is 1. The van der Waals surface area contributed by atoms with E-state index in [2.05, 4.69) is 17.1 Å². The number of hydrogen-bond donors (Lipinski definition) is 2. The Kier molecular flexibility index (Phi) is 5.56. The van der Waals surface area contributed by atoms with Gasteiger partial charge in [0.05, 0.1) is 0 Å². The number of nitrogens with zero attached hydrogens (tertiary/aromatic N) is 1. The van der Waals surface area contributed by atoms with Crippen LogP contribution in [0.5, 0.6) is 0 Å². The Morgan fingerprint density at radius 2 is 2.15 bits per heavy atom. The van der Waals surface area contributed by atoms with Crippen LogP contribution in [0.4, 0.5) is 0 Å². The number of amides is 1. The summed E-state index contributed by atoms with van der Waals surface area (Å²) in [7, 11) is 0. The third-order valence-corrected chi connectivity index (χ3v) is 4.01. The SMILES string of the molecule is CC1CCN(CCNC(=O)c2cccc(CN)c2)CC1. The third kappa shape index (κ3) is 4.32. The molecule has 1 saturated heterocycles. The second-order valence-corrected chi connectivity index (χ2v) is 5.68. The number of carbonyl (C=O) groups is 1. The maximum Gasteiger partial charge on any atom is 0.251 e. The molecule has 1 heterocycles. The van der Waals surface area contributed by atoms with Crippen molar-refractivity contribution in [3.63, 3.8) is 0 Å². The number of hydrogen-bond acceptors (Lipinski definition) is 3. The Balaban J connectivity index is 1.74. The van der Waals surface area contributed by atoms with Gasteiger partial charge in [-0.15, -0.1) is 0 Å². The van der Waals surface area contributed by atoms with Crippen molar-refractivity contribution in [2.24, 2.45) is 11.7 Å². The standard InChI is InChI=1S/C16H25N3O/c1-13-5-8-19(9-6-13)10-7-18-16(20)15-4-2-3-14(11-15)12-17/h2-4,11,13H,5-10,12,17H2,1H3,(H,18,20). The monoisotopic (exact) mass is 275 g/mol. The van der Waals surface area contributed by atoms with Crippen molar-refractivity contribution < 1.29 is 4.79 Å². The lowest BCUT2D eigenvalue weighted by Gasteiger charge is -2.30. The third-order valence-electron chi connectivity index (χ3n) is 4.01. The van der Waals surface area contributed by atoms with Crippen LogP contribution in [0.15, 0.2) is 24.3 Å². The number of nitrogens with two attached hydrogens (primary N) is 1. The molecule has 0 atom stereocenters. The van der Waals surface area contributed by atoms with Crippen molar-refractivity contribution in [1.82, 2.24) is 10.2 Å². The Hall–Kier alpha value is -1.39. The maximum absolute atomic E-state index is 12.0. The van der Waals surface area contributed by atoms with Gasteiger partial charge < -0.3 is 16.0 Å². The molecule has 0 unspecified atom stereocenters. The topological polar surface area (TPSA) is 58.4 Å². The van der Waals surface area contributed by atoms with E-state index in [0.717, 1.165) is 31.1 Å². The highest BCUT2D eigenvalue weighted by Crippen LogP contribution is 2.15. The quantitative estimate of drug-likeness (QED) is 0.858. The number of benzene rings is 1. The highest BCUT2D eigenvalue weighted by atomic mass is 16.1. The van der Waals surface area contributed by atoms with Gasteiger partial charge in [0.2, 0.25) is 0 Å². The van der Waals surface area contributed by atoms with Gasteiger partial charge in [0.25, 0.3) is 5.91 Å². The molecule has 4 heteroatoms. The molecule has 0 spiro atoms. The van der Waals surface area contributed by atoms with Crippen LogP contribution < -0.4 is 11.1 Å². The van der Waals surface area contributed by atoms with Gasteiger partial charge in [-0.1, -0.05) is 19.1 Å². The zero-order valence-corrected chi connectivity index (χ0v) is 12.3. The Labute approximate surface area is 121 Å². The molecule has 3 N–H and O–H groups in total. The molecule has 1 amide bonds. The van der Waals surface area contributed by atoms with E-state index >= 15 is 0 Å². The van der Waals surface area contributed by atoms with E-state index in [-0.39, 0.29) is 5.91 Å². The minimum atomic E-state index is -0.00863. The van der Waals surface area contributed by atoms with E-state index < -0.39 is 0 Å². The van der Waals surface area contributed by atoms with E-state index in [1.807, 2.05) is 24.3 Å². The largest absolute Gasteiger partial charge is 0.351 e. The molecule has 0 bridgehead atoms.